The second-order valence-corrected chi connectivity index (χ2v) is 3.99. The van der Waals surface area contributed by atoms with Gasteiger partial charge in [0.2, 0.25) is 0 Å². The maximum atomic E-state index is 5.88. The lowest BCUT2D eigenvalue weighted by Gasteiger charge is -2.27. The Morgan fingerprint density at radius 1 is 1.40 bits per heavy atom. The average molecular weight is 224 g/mol. The van der Waals surface area contributed by atoms with Gasteiger partial charge in [0.15, 0.2) is 5.79 Å². The Morgan fingerprint density at radius 3 is 2.67 bits per heavy atom. The van der Waals surface area contributed by atoms with E-state index in [-0.39, 0.29) is 6.10 Å². The summed E-state index contributed by atoms with van der Waals surface area (Å²) in [4.78, 5) is 0. The van der Waals surface area contributed by atoms with Crippen LogP contribution in [0.2, 0.25) is 6.32 Å². The SMILES string of the molecule is BC[C@]1(c2ccccc2)OC[C@@H](CCl)O1. The van der Waals surface area contributed by atoms with Crippen LogP contribution in [0.3, 0.4) is 0 Å². The normalized spacial score (nSPS) is 30.6. The molecule has 1 heterocycles. The lowest BCUT2D eigenvalue weighted by Crippen LogP contribution is -2.27. The molecule has 1 aliphatic rings. The van der Waals surface area contributed by atoms with Gasteiger partial charge in [0.05, 0.1) is 18.6 Å². The minimum absolute atomic E-state index is 0.00632. The van der Waals surface area contributed by atoms with E-state index < -0.39 is 5.79 Å². The van der Waals surface area contributed by atoms with E-state index in [0.717, 1.165) is 11.9 Å². The van der Waals surface area contributed by atoms with Crippen molar-refractivity contribution in [2.45, 2.75) is 18.2 Å². The van der Waals surface area contributed by atoms with Gasteiger partial charge in [-0.15, -0.1) is 11.6 Å². The Bertz CT molecular complexity index is 320. The third kappa shape index (κ3) is 2.05. The van der Waals surface area contributed by atoms with Crippen LogP contribution in [0.15, 0.2) is 30.3 Å². The molecule has 2 nitrogen and oxygen atoms in total. The second-order valence-electron chi connectivity index (χ2n) is 3.68. The molecule has 2 atom stereocenters. The van der Waals surface area contributed by atoms with Crippen molar-refractivity contribution in [3.63, 3.8) is 0 Å². The number of benzene rings is 1. The molecule has 1 aromatic carbocycles. The van der Waals surface area contributed by atoms with E-state index in [1.807, 2.05) is 30.3 Å². The fourth-order valence-corrected chi connectivity index (χ4v) is 2.03. The molecule has 2 rings (SSSR count). The summed E-state index contributed by atoms with van der Waals surface area (Å²) >= 11 is 5.77. The van der Waals surface area contributed by atoms with Gasteiger partial charge in [-0.25, -0.2) is 0 Å². The summed E-state index contributed by atoms with van der Waals surface area (Å²) in [5, 5.41) is 0. The van der Waals surface area contributed by atoms with Gasteiger partial charge in [-0.05, 0) is 6.32 Å². The van der Waals surface area contributed by atoms with E-state index in [1.54, 1.807) is 0 Å². The molecule has 1 aromatic rings. The van der Waals surface area contributed by atoms with Crippen LogP contribution in [-0.4, -0.2) is 26.4 Å². The zero-order chi connectivity index (χ0) is 10.7. The highest BCUT2D eigenvalue weighted by molar-refractivity contribution is 6.18. The fourth-order valence-electron chi connectivity index (χ4n) is 1.87. The second kappa shape index (κ2) is 4.56. The highest BCUT2D eigenvalue weighted by Crippen LogP contribution is 2.37. The van der Waals surface area contributed by atoms with Crippen molar-refractivity contribution in [1.29, 1.82) is 0 Å². The number of hydrogen-bond acceptors (Lipinski definition) is 2. The number of ether oxygens (including phenoxy) is 2. The van der Waals surface area contributed by atoms with Gasteiger partial charge in [0, 0.05) is 5.56 Å². The summed E-state index contributed by atoms with van der Waals surface area (Å²) in [6, 6.07) is 10.0. The van der Waals surface area contributed by atoms with Gasteiger partial charge in [0.25, 0.3) is 0 Å². The molecule has 80 valence electrons. The van der Waals surface area contributed by atoms with Gasteiger partial charge >= 0.3 is 0 Å². The fraction of sp³-hybridized carbons (Fsp3) is 0.455. The van der Waals surface area contributed by atoms with Crippen molar-refractivity contribution in [2.24, 2.45) is 0 Å². The predicted molar refractivity (Wildman–Crippen MR) is 63.0 cm³/mol. The van der Waals surface area contributed by atoms with Crippen LogP contribution in [0.25, 0.3) is 0 Å². The largest absolute Gasteiger partial charge is 0.344 e. The monoisotopic (exact) mass is 224 g/mol. The molecule has 0 saturated carbocycles. The first-order valence-electron chi connectivity index (χ1n) is 5.24. The van der Waals surface area contributed by atoms with Crippen LogP contribution in [0.4, 0.5) is 0 Å². The molecule has 0 bridgehead atoms. The molecule has 0 radical (unpaired) electrons. The maximum Gasteiger partial charge on any atom is 0.188 e. The highest BCUT2D eigenvalue weighted by atomic mass is 35.5. The van der Waals surface area contributed by atoms with Crippen LogP contribution in [-0.2, 0) is 15.3 Å². The van der Waals surface area contributed by atoms with Crippen molar-refractivity contribution < 1.29 is 9.47 Å². The molecule has 0 N–H and O–H groups in total. The standard InChI is InChI=1S/C11H14BClO2/c12-8-11(9-4-2-1-3-5-9)14-7-10(6-13)15-11/h1-5,10H,6-8,12H2/t10-,11+/m1/s1. The zero-order valence-corrected chi connectivity index (χ0v) is 9.54. The van der Waals surface area contributed by atoms with Crippen molar-refractivity contribution >= 4 is 19.4 Å². The van der Waals surface area contributed by atoms with Crippen LogP contribution >= 0.6 is 11.6 Å². The maximum absolute atomic E-state index is 5.88. The first-order chi connectivity index (χ1) is 7.30. The minimum atomic E-state index is -0.583. The molecule has 1 aliphatic heterocycles. The third-order valence-electron chi connectivity index (χ3n) is 2.71. The highest BCUT2D eigenvalue weighted by Gasteiger charge is 2.40. The lowest BCUT2D eigenvalue weighted by atomic mass is 9.90. The number of rotatable bonds is 3. The molecule has 0 spiro atoms. The van der Waals surface area contributed by atoms with Gasteiger partial charge in [-0.3, -0.25) is 0 Å². The van der Waals surface area contributed by atoms with Gasteiger partial charge in [-0.1, -0.05) is 30.3 Å². The van der Waals surface area contributed by atoms with E-state index in [2.05, 4.69) is 7.85 Å². The summed E-state index contributed by atoms with van der Waals surface area (Å²) < 4.78 is 11.7. The van der Waals surface area contributed by atoms with Crippen LogP contribution in [0, 0.1) is 0 Å². The van der Waals surface area contributed by atoms with Crippen LogP contribution < -0.4 is 0 Å². The van der Waals surface area contributed by atoms with E-state index in [1.165, 1.54) is 0 Å². The number of hydrogen-bond donors (Lipinski definition) is 0. The molecule has 0 aromatic heterocycles. The van der Waals surface area contributed by atoms with Gasteiger partial charge in [0.1, 0.15) is 7.85 Å². The van der Waals surface area contributed by atoms with Crippen molar-refractivity contribution in [1.82, 2.24) is 0 Å². The smallest absolute Gasteiger partial charge is 0.188 e. The first-order valence-corrected chi connectivity index (χ1v) is 5.77. The van der Waals surface area contributed by atoms with Gasteiger partial charge in [-0.2, -0.15) is 0 Å². The van der Waals surface area contributed by atoms with E-state index in [4.69, 9.17) is 21.1 Å². The average Bonchev–Trinajstić information content (AvgIpc) is 2.75. The Hall–Kier alpha value is -0.505. The molecule has 0 amide bonds. The Kier molecular flexibility index (Phi) is 3.34. The summed E-state index contributed by atoms with van der Waals surface area (Å²) in [5.74, 6) is -0.102. The van der Waals surface area contributed by atoms with E-state index in [0.29, 0.717) is 12.5 Å². The predicted octanol–water partition coefficient (Wildman–Crippen LogP) is 1.54. The molecule has 1 fully saturated rings. The van der Waals surface area contributed by atoms with Crippen molar-refractivity contribution in [3.05, 3.63) is 35.9 Å². The summed E-state index contributed by atoms with van der Waals surface area (Å²) in [6.45, 7) is 0.576. The number of alkyl halides is 1. The summed E-state index contributed by atoms with van der Waals surface area (Å²) in [6.07, 6.45) is 0.802. The Labute approximate surface area is 95.9 Å². The molecular weight excluding hydrogens is 210 g/mol. The third-order valence-corrected chi connectivity index (χ3v) is 3.05. The summed E-state index contributed by atoms with van der Waals surface area (Å²) in [5.41, 5.74) is 1.07. The van der Waals surface area contributed by atoms with Gasteiger partial charge < -0.3 is 9.47 Å². The Balaban J connectivity index is 2.24. The van der Waals surface area contributed by atoms with Crippen LogP contribution in [0.1, 0.15) is 5.56 Å². The van der Waals surface area contributed by atoms with Crippen molar-refractivity contribution in [2.75, 3.05) is 12.5 Å². The molecule has 15 heavy (non-hydrogen) atoms. The van der Waals surface area contributed by atoms with Crippen molar-refractivity contribution in [3.8, 4) is 0 Å². The Morgan fingerprint density at radius 2 is 2.13 bits per heavy atom. The minimum Gasteiger partial charge on any atom is -0.344 e. The molecule has 0 unspecified atom stereocenters. The lowest BCUT2D eigenvalue weighted by molar-refractivity contribution is -0.158. The van der Waals surface area contributed by atoms with E-state index in [9.17, 15) is 0 Å². The molecular formula is C11H14BClO2. The van der Waals surface area contributed by atoms with Crippen LogP contribution in [0.5, 0.6) is 0 Å². The number of halogens is 1. The quantitative estimate of drug-likeness (QED) is 0.573. The first kappa shape index (κ1) is 11.0. The molecule has 1 saturated heterocycles. The topological polar surface area (TPSA) is 18.5 Å². The zero-order valence-electron chi connectivity index (χ0n) is 8.78. The molecule has 0 aliphatic carbocycles. The molecule has 4 heteroatoms. The summed E-state index contributed by atoms with van der Waals surface area (Å²) in [7, 11) is 2.06. The van der Waals surface area contributed by atoms with E-state index >= 15 is 0 Å².